The van der Waals surface area contributed by atoms with E-state index in [4.69, 9.17) is 0 Å². The van der Waals surface area contributed by atoms with Gasteiger partial charge in [-0.3, -0.25) is 0 Å². The van der Waals surface area contributed by atoms with Gasteiger partial charge in [-0.1, -0.05) is 103 Å². The van der Waals surface area contributed by atoms with Gasteiger partial charge >= 0.3 is 0 Å². The first kappa shape index (κ1) is 23.1. The van der Waals surface area contributed by atoms with Gasteiger partial charge in [-0.2, -0.15) is 5.26 Å². The lowest BCUT2D eigenvalue weighted by atomic mass is 9.96. The average Bonchev–Trinajstić information content (AvgIpc) is 3.58. The van der Waals surface area contributed by atoms with Gasteiger partial charge in [-0.15, -0.1) is 0 Å². The van der Waals surface area contributed by atoms with Gasteiger partial charge in [0, 0.05) is 38.2 Å². The number of rotatable bonds is 2. The summed E-state index contributed by atoms with van der Waals surface area (Å²) in [7, 11) is 0. The number of hydrogen-bond acceptors (Lipinski definition) is 1. The molecule has 0 saturated carbocycles. The molecule has 196 valence electrons. The summed E-state index contributed by atoms with van der Waals surface area (Å²) in [5.41, 5.74) is 5.45. The Morgan fingerprint density at radius 3 is 1.50 bits per heavy atom. The van der Waals surface area contributed by atoms with E-state index in [2.05, 4.69) is 149 Å². The van der Waals surface area contributed by atoms with Crippen LogP contribution in [0.4, 0.5) is 0 Å². The molecule has 6 aromatic carbocycles. The zero-order valence-electron chi connectivity index (χ0n) is 22.8. The van der Waals surface area contributed by atoms with Crippen LogP contribution in [0.1, 0.15) is 12.1 Å². The standard InChI is InChI=1S/C39H25N3/c40-24-25-17-20-34(37(23-25)41-32-15-7-5-13-30(32)31-14-6-8-16-33(31)41)42-35-21-18-26-9-1-3-11-28(26)38(35)39-29-12-4-2-10-27(29)19-22-36(39)42/h1-23,34,37H. The maximum atomic E-state index is 10.0. The Balaban J connectivity index is 1.43. The first-order valence-electron chi connectivity index (χ1n) is 14.4. The fourth-order valence-electron chi connectivity index (χ4n) is 7.37. The molecule has 2 unspecified atom stereocenters. The third kappa shape index (κ3) is 3.09. The van der Waals surface area contributed by atoms with Crippen LogP contribution in [0, 0.1) is 11.3 Å². The van der Waals surface area contributed by atoms with Crippen LogP contribution in [-0.4, -0.2) is 9.13 Å². The Hall–Kier alpha value is -5.59. The van der Waals surface area contributed by atoms with Gasteiger partial charge in [0.2, 0.25) is 0 Å². The highest BCUT2D eigenvalue weighted by atomic mass is 15.1. The normalized spacial score (nSPS) is 17.1. The summed E-state index contributed by atoms with van der Waals surface area (Å²) in [5.74, 6) is 0. The zero-order chi connectivity index (χ0) is 27.8. The van der Waals surface area contributed by atoms with E-state index < -0.39 is 0 Å². The molecule has 9 rings (SSSR count). The Morgan fingerprint density at radius 2 is 0.952 bits per heavy atom. The lowest BCUT2D eigenvalue weighted by Gasteiger charge is -2.30. The van der Waals surface area contributed by atoms with E-state index in [-0.39, 0.29) is 12.1 Å². The van der Waals surface area contributed by atoms with Gasteiger partial charge < -0.3 is 9.13 Å². The molecule has 0 radical (unpaired) electrons. The molecule has 1 aliphatic carbocycles. The monoisotopic (exact) mass is 535 g/mol. The number of hydrogen-bond donors (Lipinski definition) is 0. The molecule has 42 heavy (non-hydrogen) atoms. The van der Waals surface area contributed by atoms with Crippen LogP contribution >= 0.6 is 0 Å². The second-order valence-corrected chi connectivity index (χ2v) is 11.2. The second-order valence-electron chi connectivity index (χ2n) is 11.2. The van der Waals surface area contributed by atoms with Crippen molar-refractivity contribution in [2.75, 3.05) is 0 Å². The quantitative estimate of drug-likeness (QED) is 0.217. The second kappa shape index (κ2) is 8.70. The SMILES string of the molecule is N#CC1=CC(n2c3ccccc3c3ccccc32)C(n2c3ccc4ccccc4c3c3c4ccccc4ccc32)C=C1. The summed E-state index contributed by atoms with van der Waals surface area (Å²) in [5, 5.41) is 20.1. The number of nitriles is 1. The molecule has 0 amide bonds. The van der Waals surface area contributed by atoms with E-state index in [0.717, 1.165) is 0 Å². The number of para-hydroxylation sites is 2. The van der Waals surface area contributed by atoms with Crippen molar-refractivity contribution in [3.05, 3.63) is 145 Å². The Bertz CT molecular complexity index is 2350. The maximum Gasteiger partial charge on any atom is 0.0988 e. The molecule has 1 aliphatic rings. The number of fused-ring (bicyclic) bond motifs is 10. The summed E-state index contributed by atoms with van der Waals surface area (Å²) in [4.78, 5) is 0. The van der Waals surface area contributed by atoms with Crippen molar-refractivity contribution in [1.29, 1.82) is 5.26 Å². The smallest absolute Gasteiger partial charge is 0.0988 e. The van der Waals surface area contributed by atoms with E-state index in [1.165, 1.54) is 65.2 Å². The topological polar surface area (TPSA) is 33.6 Å². The third-order valence-corrected chi connectivity index (χ3v) is 9.10. The van der Waals surface area contributed by atoms with Crippen molar-refractivity contribution < 1.29 is 0 Å². The predicted octanol–water partition coefficient (Wildman–Crippen LogP) is 10.0. The summed E-state index contributed by atoms with van der Waals surface area (Å²) >= 11 is 0. The van der Waals surface area contributed by atoms with E-state index in [1.807, 2.05) is 6.08 Å². The Kier molecular flexibility index (Phi) is 4.80. The van der Waals surface area contributed by atoms with Crippen LogP contribution in [0.2, 0.25) is 0 Å². The minimum Gasteiger partial charge on any atom is -0.331 e. The first-order chi connectivity index (χ1) is 20.8. The van der Waals surface area contributed by atoms with Gasteiger partial charge in [0.05, 0.1) is 29.2 Å². The molecule has 0 fully saturated rings. The molecular weight excluding hydrogens is 510 g/mol. The Morgan fingerprint density at radius 1 is 0.476 bits per heavy atom. The molecule has 0 N–H and O–H groups in total. The van der Waals surface area contributed by atoms with E-state index in [1.54, 1.807) is 0 Å². The van der Waals surface area contributed by atoms with Crippen molar-refractivity contribution >= 4 is 65.2 Å². The van der Waals surface area contributed by atoms with Crippen LogP contribution in [0.3, 0.4) is 0 Å². The van der Waals surface area contributed by atoms with Crippen LogP contribution in [0.15, 0.2) is 145 Å². The molecule has 0 aliphatic heterocycles. The first-order valence-corrected chi connectivity index (χ1v) is 14.4. The molecule has 3 heteroatoms. The van der Waals surface area contributed by atoms with Gasteiger partial charge in [0.25, 0.3) is 0 Å². The summed E-state index contributed by atoms with van der Waals surface area (Å²) in [6.45, 7) is 0. The van der Waals surface area contributed by atoms with Crippen molar-refractivity contribution in [3.8, 4) is 6.07 Å². The van der Waals surface area contributed by atoms with Crippen LogP contribution < -0.4 is 0 Å². The number of aromatic nitrogens is 2. The third-order valence-electron chi connectivity index (χ3n) is 9.10. The minimum atomic E-state index is -0.105. The summed E-state index contributed by atoms with van der Waals surface area (Å²) < 4.78 is 4.95. The zero-order valence-corrected chi connectivity index (χ0v) is 22.8. The van der Waals surface area contributed by atoms with Crippen LogP contribution in [0.25, 0.3) is 65.2 Å². The lowest BCUT2D eigenvalue weighted by molar-refractivity contribution is 0.477. The van der Waals surface area contributed by atoms with Gasteiger partial charge in [-0.25, -0.2) is 0 Å². The highest BCUT2D eigenvalue weighted by Gasteiger charge is 2.30. The maximum absolute atomic E-state index is 10.0. The number of nitrogens with zero attached hydrogens (tertiary/aromatic N) is 3. The molecule has 0 spiro atoms. The molecular formula is C39H25N3. The van der Waals surface area contributed by atoms with Gasteiger partial charge in [0.1, 0.15) is 0 Å². The predicted molar refractivity (Wildman–Crippen MR) is 175 cm³/mol. The van der Waals surface area contributed by atoms with Crippen molar-refractivity contribution in [2.24, 2.45) is 0 Å². The molecule has 2 heterocycles. The summed E-state index contributed by atoms with van der Waals surface area (Å²) in [6, 6.07) is 46.0. The summed E-state index contributed by atoms with van der Waals surface area (Å²) in [6.07, 6.45) is 6.38. The molecule has 2 aromatic heterocycles. The van der Waals surface area contributed by atoms with E-state index >= 15 is 0 Å². The van der Waals surface area contributed by atoms with Gasteiger partial charge in [0.15, 0.2) is 0 Å². The van der Waals surface area contributed by atoms with Gasteiger partial charge in [-0.05, 0) is 58.0 Å². The molecule has 0 saturated heterocycles. The molecule has 8 aromatic rings. The van der Waals surface area contributed by atoms with Crippen LogP contribution in [-0.2, 0) is 0 Å². The highest BCUT2D eigenvalue weighted by molar-refractivity contribution is 6.28. The van der Waals surface area contributed by atoms with Crippen molar-refractivity contribution in [3.63, 3.8) is 0 Å². The van der Waals surface area contributed by atoms with Crippen LogP contribution in [0.5, 0.6) is 0 Å². The minimum absolute atomic E-state index is 0.0522. The fourth-order valence-corrected chi connectivity index (χ4v) is 7.37. The van der Waals surface area contributed by atoms with Crippen molar-refractivity contribution in [1.82, 2.24) is 9.13 Å². The fraction of sp³-hybridized carbons (Fsp3) is 0.0513. The van der Waals surface area contributed by atoms with Crippen molar-refractivity contribution in [2.45, 2.75) is 12.1 Å². The lowest BCUT2D eigenvalue weighted by Crippen LogP contribution is -2.22. The largest absolute Gasteiger partial charge is 0.331 e. The number of allylic oxidation sites excluding steroid dienone is 4. The average molecular weight is 536 g/mol. The molecule has 2 atom stereocenters. The van der Waals surface area contributed by atoms with E-state index in [0.29, 0.717) is 5.57 Å². The molecule has 0 bridgehead atoms. The Labute approximate surface area is 242 Å². The number of benzene rings is 6. The van der Waals surface area contributed by atoms with E-state index in [9.17, 15) is 5.26 Å². The molecule has 3 nitrogen and oxygen atoms in total. The highest BCUT2D eigenvalue weighted by Crippen LogP contribution is 2.45.